The summed E-state index contributed by atoms with van der Waals surface area (Å²) in [5, 5.41) is 4.37. The summed E-state index contributed by atoms with van der Waals surface area (Å²) in [4.78, 5) is 5.23. The molecule has 1 aromatic rings. The summed E-state index contributed by atoms with van der Waals surface area (Å²) in [6, 6.07) is 0.645. The molecule has 19 heavy (non-hydrogen) atoms. The molecule has 0 radical (unpaired) electrons. The molecule has 1 atom stereocenters. The molecule has 0 aromatic carbocycles. The lowest BCUT2D eigenvalue weighted by Gasteiger charge is -2.53. The van der Waals surface area contributed by atoms with Crippen molar-refractivity contribution in [2.24, 2.45) is 13.0 Å². The standard InChI is InChI=1S/C15H26N4/c1-15(2,3)19(13-9-16-17(4)10-13)14-11-18-7-5-12(14)6-8-18/h9-10,12,14H,5-8,11H2,1-4H3. The van der Waals surface area contributed by atoms with Crippen LogP contribution < -0.4 is 4.90 Å². The van der Waals surface area contributed by atoms with E-state index in [4.69, 9.17) is 0 Å². The van der Waals surface area contributed by atoms with Crippen LogP contribution in [0.1, 0.15) is 33.6 Å². The van der Waals surface area contributed by atoms with Crippen molar-refractivity contribution in [1.29, 1.82) is 0 Å². The Morgan fingerprint density at radius 2 is 1.95 bits per heavy atom. The lowest BCUT2D eigenvalue weighted by molar-refractivity contribution is 0.0776. The average Bonchev–Trinajstić information content (AvgIpc) is 2.75. The molecule has 0 spiro atoms. The number of aromatic nitrogens is 2. The molecule has 0 aliphatic carbocycles. The highest BCUT2D eigenvalue weighted by Gasteiger charge is 2.41. The zero-order valence-electron chi connectivity index (χ0n) is 12.6. The first kappa shape index (κ1) is 13.0. The third-order valence-electron chi connectivity index (χ3n) is 4.65. The summed E-state index contributed by atoms with van der Waals surface area (Å²) in [5.74, 6) is 0.851. The summed E-state index contributed by atoms with van der Waals surface area (Å²) in [6.07, 6.45) is 6.89. The number of hydrogen-bond acceptors (Lipinski definition) is 3. The number of fused-ring (bicyclic) bond motifs is 3. The van der Waals surface area contributed by atoms with E-state index in [1.54, 1.807) is 0 Å². The van der Waals surface area contributed by atoms with E-state index >= 15 is 0 Å². The fourth-order valence-electron chi connectivity index (χ4n) is 3.84. The number of rotatable bonds is 2. The molecule has 4 heteroatoms. The topological polar surface area (TPSA) is 24.3 Å². The quantitative estimate of drug-likeness (QED) is 0.816. The zero-order chi connectivity index (χ0) is 13.6. The summed E-state index contributed by atoms with van der Waals surface area (Å²) in [5.41, 5.74) is 1.42. The van der Waals surface area contributed by atoms with Crippen LogP contribution in [0.25, 0.3) is 0 Å². The molecule has 0 saturated carbocycles. The Bertz CT molecular complexity index is 437. The second kappa shape index (κ2) is 4.51. The maximum Gasteiger partial charge on any atom is 0.0759 e. The van der Waals surface area contributed by atoms with E-state index < -0.39 is 0 Å². The van der Waals surface area contributed by atoms with Crippen LogP contribution >= 0.6 is 0 Å². The van der Waals surface area contributed by atoms with Crippen molar-refractivity contribution in [2.45, 2.75) is 45.2 Å². The van der Waals surface area contributed by atoms with Gasteiger partial charge in [-0.25, -0.2) is 0 Å². The van der Waals surface area contributed by atoms with E-state index in [0.29, 0.717) is 6.04 Å². The second-order valence-corrected chi connectivity index (χ2v) is 7.12. The van der Waals surface area contributed by atoms with Crippen molar-refractivity contribution < 1.29 is 0 Å². The molecule has 3 fully saturated rings. The van der Waals surface area contributed by atoms with Crippen LogP contribution in [0.5, 0.6) is 0 Å². The van der Waals surface area contributed by atoms with Crippen LogP contribution in [0.15, 0.2) is 12.4 Å². The van der Waals surface area contributed by atoms with Crippen molar-refractivity contribution in [3.63, 3.8) is 0 Å². The minimum absolute atomic E-state index is 0.145. The van der Waals surface area contributed by atoms with Gasteiger partial charge in [-0.05, 0) is 52.6 Å². The van der Waals surface area contributed by atoms with Crippen molar-refractivity contribution in [2.75, 3.05) is 24.5 Å². The summed E-state index contributed by atoms with van der Waals surface area (Å²) in [7, 11) is 2.00. The van der Waals surface area contributed by atoms with Gasteiger partial charge in [0.25, 0.3) is 0 Å². The van der Waals surface area contributed by atoms with Crippen LogP contribution in [0, 0.1) is 5.92 Å². The van der Waals surface area contributed by atoms with Gasteiger partial charge in [0.15, 0.2) is 0 Å². The molecule has 2 bridgehead atoms. The van der Waals surface area contributed by atoms with Gasteiger partial charge in [0.05, 0.1) is 11.9 Å². The van der Waals surface area contributed by atoms with Gasteiger partial charge >= 0.3 is 0 Å². The number of aryl methyl sites for hydroxylation is 1. The lowest BCUT2D eigenvalue weighted by Crippen LogP contribution is -2.61. The van der Waals surface area contributed by atoms with Crippen molar-refractivity contribution >= 4 is 5.69 Å². The van der Waals surface area contributed by atoms with Gasteiger partial charge in [0.2, 0.25) is 0 Å². The third kappa shape index (κ3) is 2.38. The normalized spacial score (nSPS) is 30.6. The monoisotopic (exact) mass is 262 g/mol. The summed E-state index contributed by atoms with van der Waals surface area (Å²) >= 11 is 0. The van der Waals surface area contributed by atoms with Crippen LogP contribution in [0.2, 0.25) is 0 Å². The molecule has 3 saturated heterocycles. The molecular weight excluding hydrogens is 236 g/mol. The van der Waals surface area contributed by atoms with Crippen molar-refractivity contribution in [3.8, 4) is 0 Å². The highest BCUT2D eigenvalue weighted by Crippen LogP contribution is 2.37. The predicted molar refractivity (Wildman–Crippen MR) is 78.4 cm³/mol. The fourth-order valence-corrected chi connectivity index (χ4v) is 3.84. The van der Waals surface area contributed by atoms with E-state index in [9.17, 15) is 0 Å². The molecule has 0 amide bonds. The van der Waals surface area contributed by atoms with Crippen molar-refractivity contribution in [1.82, 2.24) is 14.7 Å². The second-order valence-electron chi connectivity index (χ2n) is 7.12. The van der Waals surface area contributed by atoms with E-state index in [1.807, 2.05) is 17.9 Å². The van der Waals surface area contributed by atoms with E-state index in [-0.39, 0.29) is 5.54 Å². The van der Waals surface area contributed by atoms with Gasteiger partial charge in [-0.15, -0.1) is 0 Å². The third-order valence-corrected chi connectivity index (χ3v) is 4.65. The SMILES string of the molecule is Cn1cc(N(C2CN3CCC2CC3)C(C)(C)C)cn1. The molecular formula is C15H26N4. The minimum atomic E-state index is 0.145. The molecule has 4 heterocycles. The summed E-state index contributed by atoms with van der Waals surface area (Å²) < 4.78 is 1.91. The van der Waals surface area contributed by atoms with E-state index in [1.165, 1.54) is 38.2 Å². The largest absolute Gasteiger partial charge is 0.360 e. The van der Waals surface area contributed by atoms with Crippen LogP contribution in [-0.2, 0) is 7.05 Å². The van der Waals surface area contributed by atoms with Crippen LogP contribution in [0.3, 0.4) is 0 Å². The number of nitrogens with zero attached hydrogens (tertiary/aromatic N) is 4. The number of hydrogen-bond donors (Lipinski definition) is 0. The maximum absolute atomic E-state index is 4.37. The Morgan fingerprint density at radius 1 is 1.26 bits per heavy atom. The predicted octanol–water partition coefficient (Wildman–Crippen LogP) is 2.12. The molecule has 3 aliphatic rings. The zero-order valence-corrected chi connectivity index (χ0v) is 12.6. The molecule has 4 nitrogen and oxygen atoms in total. The first-order valence-corrected chi connectivity index (χ1v) is 7.45. The molecule has 4 rings (SSSR count). The highest BCUT2D eigenvalue weighted by atomic mass is 15.3. The molecule has 0 N–H and O–H groups in total. The molecule has 106 valence electrons. The van der Waals surface area contributed by atoms with Gasteiger partial charge < -0.3 is 9.80 Å². The van der Waals surface area contributed by atoms with Gasteiger partial charge in [0, 0.05) is 31.4 Å². The molecule has 1 unspecified atom stereocenters. The average molecular weight is 262 g/mol. The first-order valence-electron chi connectivity index (χ1n) is 7.45. The fraction of sp³-hybridized carbons (Fsp3) is 0.800. The number of anilines is 1. The lowest BCUT2D eigenvalue weighted by atomic mass is 9.81. The Labute approximate surface area is 116 Å². The maximum atomic E-state index is 4.37. The first-order chi connectivity index (χ1) is 8.95. The van der Waals surface area contributed by atoms with E-state index in [2.05, 4.69) is 41.9 Å². The Hall–Kier alpha value is -1.03. The molecule has 3 aliphatic heterocycles. The minimum Gasteiger partial charge on any atom is -0.360 e. The Kier molecular flexibility index (Phi) is 3.08. The van der Waals surface area contributed by atoms with Crippen molar-refractivity contribution in [3.05, 3.63) is 12.4 Å². The molecule has 1 aromatic heterocycles. The van der Waals surface area contributed by atoms with Crippen LogP contribution in [-0.4, -0.2) is 45.9 Å². The van der Waals surface area contributed by atoms with Gasteiger partial charge in [-0.1, -0.05) is 0 Å². The van der Waals surface area contributed by atoms with Gasteiger partial charge in [-0.3, -0.25) is 4.68 Å². The highest BCUT2D eigenvalue weighted by molar-refractivity contribution is 5.47. The Balaban J connectivity index is 1.92. The smallest absolute Gasteiger partial charge is 0.0759 e. The Morgan fingerprint density at radius 3 is 2.37 bits per heavy atom. The van der Waals surface area contributed by atoms with E-state index in [0.717, 1.165) is 5.92 Å². The number of piperidine rings is 3. The van der Waals surface area contributed by atoms with Crippen LogP contribution in [0.4, 0.5) is 5.69 Å². The van der Waals surface area contributed by atoms with Gasteiger partial charge in [0.1, 0.15) is 0 Å². The van der Waals surface area contributed by atoms with Gasteiger partial charge in [-0.2, -0.15) is 5.10 Å². The summed E-state index contributed by atoms with van der Waals surface area (Å²) in [6.45, 7) is 10.8.